The van der Waals surface area contributed by atoms with Crippen LogP contribution in [0.1, 0.15) is 17.5 Å². The number of furan rings is 1. The van der Waals surface area contributed by atoms with Gasteiger partial charge in [-0.25, -0.2) is 4.98 Å². The van der Waals surface area contributed by atoms with Gasteiger partial charge in [0.25, 0.3) is 0 Å². The molecule has 3 aromatic heterocycles. The van der Waals surface area contributed by atoms with E-state index in [9.17, 15) is 0 Å². The van der Waals surface area contributed by atoms with Crippen molar-refractivity contribution in [3.8, 4) is 11.5 Å². The molecule has 0 saturated carbocycles. The first kappa shape index (κ1) is 16.0. The summed E-state index contributed by atoms with van der Waals surface area (Å²) < 4.78 is 7.17. The summed E-state index contributed by atoms with van der Waals surface area (Å²) in [5.74, 6) is 1.52. The molecule has 6 N–H and O–H groups in total. The molecule has 26 heavy (non-hydrogen) atoms. The van der Waals surface area contributed by atoms with Crippen LogP contribution in [0.4, 0.5) is 17.3 Å². The molecule has 7 nitrogen and oxygen atoms in total. The summed E-state index contributed by atoms with van der Waals surface area (Å²) in [6, 6.07) is 13.3. The highest BCUT2D eigenvalue weighted by Crippen LogP contribution is 2.29. The van der Waals surface area contributed by atoms with Crippen LogP contribution in [0.15, 0.2) is 53.1 Å². The lowest BCUT2D eigenvalue weighted by atomic mass is 10.0. The number of fused-ring (bicyclic) bond motifs is 1. The van der Waals surface area contributed by atoms with Crippen LogP contribution < -0.4 is 17.2 Å². The van der Waals surface area contributed by atoms with Crippen molar-refractivity contribution >= 4 is 23.0 Å². The average Bonchev–Trinajstić information content (AvgIpc) is 3.25. The lowest BCUT2D eigenvalue weighted by Gasteiger charge is -2.04. The van der Waals surface area contributed by atoms with Crippen molar-refractivity contribution in [2.45, 2.75) is 19.3 Å². The normalized spacial score (nSPS) is 11.2. The van der Waals surface area contributed by atoms with Crippen LogP contribution in [0.5, 0.6) is 0 Å². The quantitative estimate of drug-likeness (QED) is 0.477. The van der Waals surface area contributed by atoms with Crippen LogP contribution in [-0.2, 0) is 12.8 Å². The lowest BCUT2D eigenvalue weighted by Crippen LogP contribution is -2.03. The molecule has 7 heteroatoms. The van der Waals surface area contributed by atoms with Gasteiger partial charge in [0, 0.05) is 17.3 Å². The molecule has 0 radical (unpaired) electrons. The number of aryl methyl sites for hydroxylation is 2. The SMILES string of the molecule is Nc1ccc(CCCc2c(-c3ccco3)nn3c(N)cc(N)nc23)cc1. The minimum absolute atomic E-state index is 0.376. The summed E-state index contributed by atoms with van der Waals surface area (Å²) in [7, 11) is 0. The maximum absolute atomic E-state index is 6.06. The van der Waals surface area contributed by atoms with E-state index in [4.69, 9.17) is 21.6 Å². The second-order valence-corrected chi connectivity index (χ2v) is 6.24. The third kappa shape index (κ3) is 2.95. The molecule has 3 heterocycles. The van der Waals surface area contributed by atoms with Gasteiger partial charge in [-0.1, -0.05) is 12.1 Å². The third-order valence-electron chi connectivity index (χ3n) is 4.36. The standard InChI is InChI=1S/C19H20N6O/c20-13-8-6-12(7-9-13)3-1-4-14-18(15-5-2-10-26-15)24-25-17(22)11-16(21)23-19(14)25/h2,5-11H,1,3-4,20,22H2,(H2,21,23). The molecular weight excluding hydrogens is 328 g/mol. The number of hydrogen-bond donors (Lipinski definition) is 3. The van der Waals surface area contributed by atoms with Gasteiger partial charge in [-0.15, -0.1) is 0 Å². The van der Waals surface area contributed by atoms with Gasteiger partial charge in [-0.3, -0.25) is 0 Å². The molecule has 0 bridgehead atoms. The molecule has 1 aromatic carbocycles. The first-order chi connectivity index (χ1) is 12.6. The number of aromatic nitrogens is 3. The van der Waals surface area contributed by atoms with E-state index in [1.54, 1.807) is 16.8 Å². The monoisotopic (exact) mass is 348 g/mol. The smallest absolute Gasteiger partial charge is 0.163 e. The maximum Gasteiger partial charge on any atom is 0.163 e. The fourth-order valence-electron chi connectivity index (χ4n) is 3.10. The Balaban J connectivity index is 1.67. The van der Waals surface area contributed by atoms with E-state index < -0.39 is 0 Å². The van der Waals surface area contributed by atoms with Crippen LogP contribution in [0.2, 0.25) is 0 Å². The van der Waals surface area contributed by atoms with Crippen molar-refractivity contribution in [3.05, 3.63) is 59.9 Å². The third-order valence-corrected chi connectivity index (χ3v) is 4.36. The molecule has 0 fully saturated rings. The zero-order valence-corrected chi connectivity index (χ0v) is 14.2. The van der Waals surface area contributed by atoms with Crippen molar-refractivity contribution in [1.29, 1.82) is 0 Å². The molecule has 0 amide bonds. The van der Waals surface area contributed by atoms with Gasteiger partial charge < -0.3 is 21.6 Å². The molecule has 0 atom stereocenters. The summed E-state index contributed by atoms with van der Waals surface area (Å²) >= 11 is 0. The van der Waals surface area contributed by atoms with Crippen LogP contribution in [-0.4, -0.2) is 14.6 Å². The van der Waals surface area contributed by atoms with Crippen molar-refractivity contribution < 1.29 is 4.42 Å². The molecule has 0 aliphatic rings. The van der Waals surface area contributed by atoms with E-state index in [0.29, 0.717) is 23.0 Å². The maximum atomic E-state index is 6.06. The second kappa shape index (κ2) is 6.44. The van der Waals surface area contributed by atoms with Gasteiger partial charge >= 0.3 is 0 Å². The largest absolute Gasteiger partial charge is 0.463 e. The Hall–Kier alpha value is -3.48. The van der Waals surface area contributed by atoms with Crippen molar-refractivity contribution in [1.82, 2.24) is 14.6 Å². The summed E-state index contributed by atoms with van der Waals surface area (Å²) in [6.07, 6.45) is 4.25. The number of nitrogens with two attached hydrogens (primary N) is 3. The fourth-order valence-corrected chi connectivity index (χ4v) is 3.10. The predicted octanol–water partition coefficient (Wildman–Crippen LogP) is 2.91. The van der Waals surface area contributed by atoms with E-state index in [2.05, 4.69) is 10.1 Å². The van der Waals surface area contributed by atoms with Crippen molar-refractivity contribution in [2.75, 3.05) is 17.2 Å². The Labute approximate surface area is 150 Å². The summed E-state index contributed by atoms with van der Waals surface area (Å²) in [5.41, 5.74) is 22.1. The Morgan fingerprint density at radius 1 is 1.00 bits per heavy atom. The topological polar surface area (TPSA) is 121 Å². The molecule has 0 spiro atoms. The van der Waals surface area contributed by atoms with Gasteiger partial charge in [0.05, 0.1) is 6.26 Å². The first-order valence-electron chi connectivity index (χ1n) is 8.44. The van der Waals surface area contributed by atoms with Gasteiger partial charge in [-0.2, -0.15) is 9.61 Å². The second-order valence-electron chi connectivity index (χ2n) is 6.24. The average molecular weight is 348 g/mol. The van der Waals surface area contributed by atoms with Gasteiger partial charge in [0.1, 0.15) is 17.3 Å². The summed E-state index contributed by atoms with van der Waals surface area (Å²) in [5, 5.41) is 4.60. The zero-order chi connectivity index (χ0) is 18.1. The number of rotatable bonds is 5. The molecule has 0 aliphatic heterocycles. The number of anilines is 3. The van der Waals surface area contributed by atoms with Gasteiger partial charge in [-0.05, 0) is 49.1 Å². The number of nitrogen functional groups attached to an aromatic ring is 3. The highest BCUT2D eigenvalue weighted by molar-refractivity contribution is 5.70. The zero-order valence-electron chi connectivity index (χ0n) is 14.2. The van der Waals surface area contributed by atoms with E-state index in [0.717, 1.165) is 36.2 Å². The molecule has 0 saturated heterocycles. The summed E-state index contributed by atoms with van der Waals surface area (Å²) in [4.78, 5) is 4.44. The molecule has 0 unspecified atom stereocenters. The molecule has 132 valence electrons. The predicted molar refractivity (Wildman–Crippen MR) is 102 cm³/mol. The highest BCUT2D eigenvalue weighted by Gasteiger charge is 2.19. The molecule has 0 aliphatic carbocycles. The summed E-state index contributed by atoms with van der Waals surface area (Å²) in [6.45, 7) is 0. The van der Waals surface area contributed by atoms with Crippen molar-refractivity contribution in [3.63, 3.8) is 0 Å². The van der Waals surface area contributed by atoms with E-state index >= 15 is 0 Å². The van der Waals surface area contributed by atoms with Crippen molar-refractivity contribution in [2.24, 2.45) is 0 Å². The Bertz CT molecular complexity index is 1030. The Morgan fingerprint density at radius 3 is 2.54 bits per heavy atom. The fraction of sp³-hybridized carbons (Fsp3) is 0.158. The minimum atomic E-state index is 0.376. The Morgan fingerprint density at radius 2 is 1.81 bits per heavy atom. The highest BCUT2D eigenvalue weighted by atomic mass is 16.3. The lowest BCUT2D eigenvalue weighted by molar-refractivity contribution is 0.578. The molecule has 4 aromatic rings. The Kier molecular flexibility index (Phi) is 3.96. The van der Waals surface area contributed by atoms with Gasteiger partial charge in [0.2, 0.25) is 0 Å². The van der Waals surface area contributed by atoms with Gasteiger partial charge in [0.15, 0.2) is 11.4 Å². The number of hydrogen-bond acceptors (Lipinski definition) is 6. The van der Waals surface area contributed by atoms with Crippen LogP contribution in [0.3, 0.4) is 0 Å². The first-order valence-corrected chi connectivity index (χ1v) is 8.44. The van der Waals surface area contributed by atoms with E-state index in [-0.39, 0.29) is 0 Å². The molecule has 4 rings (SSSR count). The van der Waals surface area contributed by atoms with Crippen LogP contribution in [0, 0.1) is 0 Å². The van der Waals surface area contributed by atoms with E-state index in [1.165, 1.54) is 5.56 Å². The van der Waals surface area contributed by atoms with E-state index in [1.807, 2.05) is 36.4 Å². The number of benzene rings is 1. The number of nitrogens with zero attached hydrogens (tertiary/aromatic N) is 3. The van der Waals surface area contributed by atoms with Crippen LogP contribution in [0.25, 0.3) is 17.1 Å². The minimum Gasteiger partial charge on any atom is -0.463 e. The molecular formula is C19H20N6O. The van der Waals surface area contributed by atoms with Crippen LogP contribution >= 0.6 is 0 Å².